The third-order valence-electron chi connectivity index (χ3n) is 3.98. The van der Waals surface area contributed by atoms with Crippen LogP contribution in [-0.4, -0.2) is 51.9 Å². The lowest BCUT2D eigenvalue weighted by atomic mass is 10.3. The molecule has 3 rings (SSSR count). The molecule has 0 spiro atoms. The van der Waals surface area contributed by atoms with Gasteiger partial charge in [0.05, 0.1) is 5.02 Å². The standard InChI is InChI=1S/C17H20ClN5O/c1-12-10-13(2)21-17(20-12)23-7-3-6-22(8-9-23)16(24)15-5-4-14(18)11-19-15/h4-5,10-11H,3,6-9H2,1-2H3. The molecule has 1 saturated heterocycles. The van der Waals surface area contributed by atoms with E-state index in [0.29, 0.717) is 30.4 Å². The van der Waals surface area contributed by atoms with E-state index < -0.39 is 0 Å². The zero-order valence-corrected chi connectivity index (χ0v) is 14.6. The molecule has 1 fully saturated rings. The van der Waals surface area contributed by atoms with Crippen molar-refractivity contribution < 1.29 is 4.79 Å². The molecule has 0 bridgehead atoms. The summed E-state index contributed by atoms with van der Waals surface area (Å²) in [5.41, 5.74) is 2.34. The highest BCUT2D eigenvalue weighted by Gasteiger charge is 2.22. The highest BCUT2D eigenvalue weighted by molar-refractivity contribution is 6.30. The van der Waals surface area contributed by atoms with E-state index in [1.165, 1.54) is 6.20 Å². The minimum Gasteiger partial charge on any atom is -0.339 e. The number of halogens is 1. The van der Waals surface area contributed by atoms with Crippen LogP contribution in [0.15, 0.2) is 24.4 Å². The Labute approximate surface area is 146 Å². The molecule has 0 unspecified atom stereocenters. The molecule has 0 N–H and O–H groups in total. The van der Waals surface area contributed by atoms with Crippen LogP contribution in [0.1, 0.15) is 28.3 Å². The van der Waals surface area contributed by atoms with Crippen LogP contribution in [0.4, 0.5) is 5.95 Å². The Kier molecular flexibility index (Phi) is 4.94. The topological polar surface area (TPSA) is 62.2 Å². The predicted molar refractivity (Wildman–Crippen MR) is 93.5 cm³/mol. The summed E-state index contributed by atoms with van der Waals surface area (Å²) >= 11 is 5.83. The number of nitrogens with zero attached hydrogens (tertiary/aromatic N) is 5. The number of aromatic nitrogens is 3. The monoisotopic (exact) mass is 345 g/mol. The fourth-order valence-electron chi connectivity index (χ4n) is 2.83. The largest absolute Gasteiger partial charge is 0.339 e. The molecular formula is C17H20ClN5O. The minimum absolute atomic E-state index is 0.0603. The number of carbonyl (C=O) groups is 1. The first kappa shape index (κ1) is 16.6. The molecule has 1 aliphatic rings. The Morgan fingerprint density at radius 2 is 1.83 bits per heavy atom. The van der Waals surface area contributed by atoms with Crippen molar-refractivity contribution in [3.05, 3.63) is 46.5 Å². The van der Waals surface area contributed by atoms with E-state index in [1.54, 1.807) is 12.1 Å². The van der Waals surface area contributed by atoms with Gasteiger partial charge in [-0.05, 0) is 38.5 Å². The summed E-state index contributed by atoms with van der Waals surface area (Å²) in [6, 6.07) is 5.32. The van der Waals surface area contributed by atoms with Crippen molar-refractivity contribution in [1.82, 2.24) is 19.9 Å². The zero-order valence-electron chi connectivity index (χ0n) is 13.9. The number of amides is 1. The second kappa shape index (κ2) is 7.13. The summed E-state index contributed by atoms with van der Waals surface area (Å²) in [7, 11) is 0. The molecule has 3 heterocycles. The second-order valence-electron chi connectivity index (χ2n) is 5.95. The maximum Gasteiger partial charge on any atom is 0.272 e. The zero-order chi connectivity index (χ0) is 17.1. The van der Waals surface area contributed by atoms with Crippen LogP contribution in [0.3, 0.4) is 0 Å². The third kappa shape index (κ3) is 3.82. The van der Waals surface area contributed by atoms with Crippen molar-refractivity contribution >= 4 is 23.5 Å². The van der Waals surface area contributed by atoms with Gasteiger partial charge in [-0.3, -0.25) is 4.79 Å². The van der Waals surface area contributed by atoms with Crippen LogP contribution in [0, 0.1) is 13.8 Å². The Balaban J connectivity index is 1.70. The van der Waals surface area contributed by atoms with Crippen LogP contribution in [0.2, 0.25) is 5.02 Å². The summed E-state index contributed by atoms with van der Waals surface area (Å²) in [6.45, 7) is 6.81. The molecule has 0 aliphatic carbocycles. The molecule has 2 aromatic heterocycles. The van der Waals surface area contributed by atoms with Crippen LogP contribution < -0.4 is 4.90 Å². The third-order valence-corrected chi connectivity index (χ3v) is 4.21. The van der Waals surface area contributed by atoms with E-state index in [0.717, 1.165) is 30.3 Å². The Morgan fingerprint density at radius 1 is 1.08 bits per heavy atom. The maximum atomic E-state index is 12.6. The molecule has 0 saturated carbocycles. The molecule has 126 valence electrons. The van der Waals surface area contributed by atoms with E-state index in [2.05, 4.69) is 19.9 Å². The Hall–Kier alpha value is -2.21. The van der Waals surface area contributed by atoms with Gasteiger partial charge in [-0.2, -0.15) is 0 Å². The fraction of sp³-hybridized carbons (Fsp3) is 0.412. The van der Waals surface area contributed by atoms with Gasteiger partial charge in [0.1, 0.15) is 5.69 Å². The SMILES string of the molecule is Cc1cc(C)nc(N2CCCN(C(=O)c3ccc(Cl)cn3)CC2)n1. The first-order chi connectivity index (χ1) is 11.5. The minimum atomic E-state index is -0.0603. The second-order valence-corrected chi connectivity index (χ2v) is 6.38. The van der Waals surface area contributed by atoms with Crippen LogP contribution in [0.5, 0.6) is 0 Å². The first-order valence-electron chi connectivity index (χ1n) is 8.01. The van der Waals surface area contributed by atoms with Gasteiger partial charge in [0.2, 0.25) is 5.95 Å². The van der Waals surface area contributed by atoms with Gasteiger partial charge < -0.3 is 9.80 Å². The number of anilines is 1. The number of aryl methyl sites for hydroxylation is 2. The molecule has 2 aromatic rings. The normalized spacial score (nSPS) is 15.3. The first-order valence-corrected chi connectivity index (χ1v) is 8.39. The molecule has 24 heavy (non-hydrogen) atoms. The van der Waals surface area contributed by atoms with E-state index in [4.69, 9.17) is 11.6 Å². The average molecular weight is 346 g/mol. The number of rotatable bonds is 2. The molecule has 0 atom stereocenters. The number of hydrogen-bond donors (Lipinski definition) is 0. The molecular weight excluding hydrogens is 326 g/mol. The Bertz CT molecular complexity index is 714. The van der Waals surface area contributed by atoms with Gasteiger partial charge in [0.25, 0.3) is 5.91 Å². The van der Waals surface area contributed by atoms with Crippen LogP contribution in [-0.2, 0) is 0 Å². The maximum absolute atomic E-state index is 12.6. The van der Waals surface area contributed by atoms with Gasteiger partial charge in [-0.15, -0.1) is 0 Å². The summed E-state index contributed by atoms with van der Waals surface area (Å²) in [4.78, 5) is 29.7. The van der Waals surface area contributed by atoms with Gasteiger partial charge in [0.15, 0.2) is 0 Å². The lowest BCUT2D eigenvalue weighted by Crippen LogP contribution is -2.36. The summed E-state index contributed by atoms with van der Waals surface area (Å²) in [5.74, 6) is 0.682. The molecule has 0 radical (unpaired) electrons. The van der Waals surface area contributed by atoms with Gasteiger partial charge >= 0.3 is 0 Å². The van der Waals surface area contributed by atoms with Crippen molar-refractivity contribution in [2.75, 3.05) is 31.1 Å². The van der Waals surface area contributed by atoms with Gasteiger partial charge in [-0.1, -0.05) is 11.6 Å². The van der Waals surface area contributed by atoms with Crippen molar-refractivity contribution in [3.63, 3.8) is 0 Å². The molecule has 0 aromatic carbocycles. The van der Waals surface area contributed by atoms with Crippen molar-refractivity contribution in [2.45, 2.75) is 20.3 Å². The van der Waals surface area contributed by atoms with E-state index in [9.17, 15) is 4.79 Å². The smallest absolute Gasteiger partial charge is 0.272 e. The molecule has 6 nitrogen and oxygen atoms in total. The fourth-order valence-corrected chi connectivity index (χ4v) is 2.95. The quantitative estimate of drug-likeness (QED) is 0.836. The Morgan fingerprint density at radius 3 is 2.50 bits per heavy atom. The van der Waals surface area contributed by atoms with E-state index in [1.807, 2.05) is 24.8 Å². The van der Waals surface area contributed by atoms with E-state index in [-0.39, 0.29) is 5.91 Å². The van der Waals surface area contributed by atoms with Crippen LogP contribution >= 0.6 is 11.6 Å². The molecule has 1 aliphatic heterocycles. The number of hydrogen-bond acceptors (Lipinski definition) is 5. The van der Waals surface area contributed by atoms with Crippen molar-refractivity contribution in [1.29, 1.82) is 0 Å². The van der Waals surface area contributed by atoms with Gasteiger partial charge in [0, 0.05) is 43.8 Å². The predicted octanol–water partition coefficient (Wildman–Crippen LogP) is 2.49. The lowest BCUT2D eigenvalue weighted by molar-refractivity contribution is 0.0761. The molecule has 1 amide bonds. The highest BCUT2D eigenvalue weighted by atomic mass is 35.5. The average Bonchev–Trinajstić information content (AvgIpc) is 2.80. The van der Waals surface area contributed by atoms with E-state index >= 15 is 0 Å². The number of pyridine rings is 1. The number of carbonyl (C=O) groups excluding carboxylic acids is 1. The summed E-state index contributed by atoms with van der Waals surface area (Å²) in [5, 5.41) is 0.528. The van der Waals surface area contributed by atoms with Gasteiger partial charge in [-0.25, -0.2) is 15.0 Å². The van der Waals surface area contributed by atoms with Crippen LogP contribution in [0.25, 0.3) is 0 Å². The molecule has 7 heteroatoms. The van der Waals surface area contributed by atoms with Crippen molar-refractivity contribution in [3.8, 4) is 0 Å². The lowest BCUT2D eigenvalue weighted by Gasteiger charge is -2.22. The van der Waals surface area contributed by atoms with Crippen molar-refractivity contribution in [2.24, 2.45) is 0 Å². The summed E-state index contributed by atoms with van der Waals surface area (Å²) in [6.07, 6.45) is 2.37. The summed E-state index contributed by atoms with van der Waals surface area (Å²) < 4.78 is 0. The highest BCUT2D eigenvalue weighted by Crippen LogP contribution is 2.15.